The maximum absolute atomic E-state index is 12.2. The number of anilines is 1. The number of hydrogen-bond donors (Lipinski definition) is 1. The zero-order valence-corrected chi connectivity index (χ0v) is 13.3. The van der Waals surface area contributed by atoms with Crippen LogP contribution in [0.25, 0.3) is 0 Å². The predicted molar refractivity (Wildman–Crippen MR) is 82.8 cm³/mol. The molecule has 0 aromatic carbocycles. The minimum Gasteiger partial charge on any atom is -0.355 e. The molecule has 0 bridgehead atoms. The van der Waals surface area contributed by atoms with Gasteiger partial charge in [-0.1, -0.05) is 0 Å². The summed E-state index contributed by atoms with van der Waals surface area (Å²) in [5.74, 6) is 0.832. The second-order valence-electron chi connectivity index (χ2n) is 5.70. The van der Waals surface area contributed by atoms with E-state index >= 15 is 0 Å². The average Bonchev–Trinajstić information content (AvgIpc) is 3.31. The third-order valence-electron chi connectivity index (χ3n) is 3.97. The molecule has 1 aromatic heterocycles. The Labute approximate surface area is 132 Å². The van der Waals surface area contributed by atoms with Gasteiger partial charge in [-0.05, 0) is 47.7 Å². The molecule has 1 atom stereocenters. The monoisotopic (exact) mass is 348 g/mol. The van der Waals surface area contributed by atoms with Gasteiger partial charge in [0, 0.05) is 29.8 Å². The molecule has 1 saturated heterocycles. The zero-order chi connectivity index (χ0) is 14.8. The Morgan fingerprint density at radius 1 is 1.48 bits per heavy atom. The molecular formula is C15H17BrN4O. The van der Waals surface area contributed by atoms with E-state index in [0.717, 1.165) is 36.7 Å². The van der Waals surface area contributed by atoms with Crippen LogP contribution < -0.4 is 10.2 Å². The highest BCUT2D eigenvalue weighted by Gasteiger charge is 2.31. The molecule has 1 aliphatic carbocycles. The first kappa shape index (κ1) is 14.3. The van der Waals surface area contributed by atoms with Gasteiger partial charge in [0.25, 0.3) is 0 Å². The minimum atomic E-state index is -0.00339. The predicted octanol–water partition coefficient (Wildman–Crippen LogP) is 2.21. The van der Waals surface area contributed by atoms with Crippen molar-refractivity contribution >= 4 is 27.7 Å². The van der Waals surface area contributed by atoms with Crippen LogP contribution in [0.5, 0.6) is 0 Å². The van der Waals surface area contributed by atoms with Crippen molar-refractivity contribution in [2.75, 3.05) is 18.0 Å². The fraction of sp³-hybridized carbons (Fsp3) is 0.533. The van der Waals surface area contributed by atoms with Gasteiger partial charge in [-0.2, -0.15) is 5.26 Å². The van der Waals surface area contributed by atoms with Crippen LogP contribution in [0, 0.1) is 17.2 Å². The number of pyridine rings is 1. The molecule has 1 N–H and O–H groups in total. The molecule has 1 unspecified atom stereocenters. The number of piperidine rings is 1. The normalized spacial score (nSPS) is 21.7. The van der Waals surface area contributed by atoms with Crippen molar-refractivity contribution in [3.8, 4) is 6.07 Å². The Kier molecular flexibility index (Phi) is 4.11. The SMILES string of the molecule is N#Cc1cc(Br)cnc1N1CCCC(C(=O)NC2CC2)C1. The topological polar surface area (TPSA) is 69.0 Å². The van der Waals surface area contributed by atoms with E-state index in [1.807, 2.05) is 0 Å². The van der Waals surface area contributed by atoms with Crippen LogP contribution in [0.4, 0.5) is 5.82 Å². The first-order chi connectivity index (χ1) is 10.2. The molecule has 6 heteroatoms. The molecule has 2 fully saturated rings. The Bertz CT molecular complexity index is 594. The number of nitriles is 1. The Hall–Kier alpha value is -1.61. The lowest BCUT2D eigenvalue weighted by molar-refractivity contribution is -0.125. The number of aromatic nitrogens is 1. The number of amides is 1. The highest BCUT2D eigenvalue weighted by molar-refractivity contribution is 9.10. The largest absolute Gasteiger partial charge is 0.355 e. The van der Waals surface area contributed by atoms with Crippen LogP contribution in [0.2, 0.25) is 0 Å². The lowest BCUT2D eigenvalue weighted by Gasteiger charge is -2.33. The van der Waals surface area contributed by atoms with Crippen molar-refractivity contribution in [2.24, 2.45) is 5.92 Å². The summed E-state index contributed by atoms with van der Waals surface area (Å²) in [6.45, 7) is 1.48. The third-order valence-corrected chi connectivity index (χ3v) is 4.40. The van der Waals surface area contributed by atoms with Gasteiger partial charge in [0.15, 0.2) is 0 Å². The van der Waals surface area contributed by atoms with Crippen LogP contribution in [0.15, 0.2) is 16.7 Å². The molecule has 3 rings (SSSR count). The summed E-state index contributed by atoms with van der Waals surface area (Å²) in [5, 5.41) is 12.3. The van der Waals surface area contributed by atoms with Crippen molar-refractivity contribution in [2.45, 2.75) is 31.7 Å². The van der Waals surface area contributed by atoms with E-state index in [-0.39, 0.29) is 11.8 Å². The van der Waals surface area contributed by atoms with Gasteiger partial charge >= 0.3 is 0 Å². The number of rotatable bonds is 3. The first-order valence-corrected chi connectivity index (χ1v) is 8.07. The van der Waals surface area contributed by atoms with Gasteiger partial charge in [-0.3, -0.25) is 4.79 Å². The van der Waals surface area contributed by atoms with Crippen molar-refractivity contribution in [3.63, 3.8) is 0 Å². The molecule has 110 valence electrons. The number of hydrogen-bond acceptors (Lipinski definition) is 4. The van der Waals surface area contributed by atoms with E-state index in [9.17, 15) is 10.1 Å². The summed E-state index contributed by atoms with van der Waals surface area (Å²) in [6, 6.07) is 4.36. The summed E-state index contributed by atoms with van der Waals surface area (Å²) >= 11 is 3.33. The number of carbonyl (C=O) groups is 1. The molecule has 0 spiro atoms. The van der Waals surface area contributed by atoms with Crippen molar-refractivity contribution < 1.29 is 4.79 Å². The summed E-state index contributed by atoms with van der Waals surface area (Å²) in [6.07, 6.45) is 5.77. The summed E-state index contributed by atoms with van der Waals surface area (Å²) in [4.78, 5) is 18.6. The standard InChI is InChI=1S/C15H17BrN4O/c16-12-6-11(7-17)14(18-8-12)20-5-1-2-10(9-20)15(21)19-13-3-4-13/h6,8,10,13H,1-5,9H2,(H,19,21). The van der Waals surface area contributed by atoms with Crippen LogP contribution in [-0.4, -0.2) is 30.0 Å². The second-order valence-corrected chi connectivity index (χ2v) is 6.62. The Morgan fingerprint density at radius 2 is 2.29 bits per heavy atom. The Morgan fingerprint density at radius 3 is 3.00 bits per heavy atom. The van der Waals surface area contributed by atoms with Crippen LogP contribution in [-0.2, 0) is 4.79 Å². The number of nitrogens with zero attached hydrogens (tertiary/aromatic N) is 3. The van der Waals surface area contributed by atoms with Crippen molar-refractivity contribution in [1.82, 2.24) is 10.3 Å². The maximum atomic E-state index is 12.2. The molecule has 21 heavy (non-hydrogen) atoms. The van der Waals surface area contributed by atoms with Crippen molar-refractivity contribution in [3.05, 3.63) is 22.3 Å². The molecule has 2 heterocycles. The quantitative estimate of drug-likeness (QED) is 0.909. The van der Waals surface area contributed by atoms with Gasteiger partial charge in [-0.15, -0.1) is 0 Å². The fourth-order valence-electron chi connectivity index (χ4n) is 2.70. The van der Waals surface area contributed by atoms with Crippen LogP contribution in [0.1, 0.15) is 31.2 Å². The zero-order valence-electron chi connectivity index (χ0n) is 11.7. The number of nitrogens with one attached hydrogen (secondary N) is 1. The first-order valence-electron chi connectivity index (χ1n) is 7.28. The van der Waals surface area contributed by atoms with Gasteiger partial charge in [0.1, 0.15) is 11.9 Å². The highest BCUT2D eigenvalue weighted by atomic mass is 79.9. The molecule has 0 radical (unpaired) electrons. The molecule has 1 amide bonds. The second kappa shape index (κ2) is 6.02. The van der Waals surface area contributed by atoms with Crippen molar-refractivity contribution in [1.29, 1.82) is 5.26 Å². The van der Waals surface area contributed by atoms with E-state index in [0.29, 0.717) is 24.0 Å². The summed E-state index contributed by atoms with van der Waals surface area (Å²) in [5.41, 5.74) is 0.549. The molecule has 5 nitrogen and oxygen atoms in total. The van der Waals surface area contributed by atoms with E-state index in [1.165, 1.54) is 0 Å². The maximum Gasteiger partial charge on any atom is 0.225 e. The lowest BCUT2D eigenvalue weighted by Crippen LogP contribution is -2.44. The molecule has 1 aliphatic heterocycles. The van der Waals surface area contributed by atoms with E-state index in [1.54, 1.807) is 12.3 Å². The smallest absolute Gasteiger partial charge is 0.225 e. The van der Waals surface area contributed by atoms with Gasteiger partial charge < -0.3 is 10.2 Å². The fourth-order valence-corrected chi connectivity index (χ4v) is 3.03. The van der Waals surface area contributed by atoms with Gasteiger partial charge in [-0.25, -0.2) is 4.98 Å². The summed E-state index contributed by atoms with van der Waals surface area (Å²) in [7, 11) is 0. The van der Waals surface area contributed by atoms with Gasteiger partial charge in [0.05, 0.1) is 11.5 Å². The highest BCUT2D eigenvalue weighted by Crippen LogP contribution is 2.27. The number of carbonyl (C=O) groups excluding carboxylic acids is 1. The van der Waals surface area contributed by atoms with Gasteiger partial charge in [0.2, 0.25) is 5.91 Å². The third kappa shape index (κ3) is 3.35. The van der Waals surface area contributed by atoms with Crippen LogP contribution in [0.3, 0.4) is 0 Å². The van der Waals surface area contributed by atoms with E-state index in [2.05, 4.69) is 37.2 Å². The molecule has 2 aliphatic rings. The minimum absolute atomic E-state index is 0.00339. The molecule has 1 aromatic rings. The van der Waals surface area contributed by atoms with Crippen LogP contribution >= 0.6 is 15.9 Å². The lowest BCUT2D eigenvalue weighted by atomic mass is 9.96. The summed E-state index contributed by atoms with van der Waals surface area (Å²) < 4.78 is 0.794. The van der Waals surface area contributed by atoms with E-state index < -0.39 is 0 Å². The molecule has 1 saturated carbocycles. The number of halogens is 1. The molecular weight excluding hydrogens is 332 g/mol. The average molecular weight is 349 g/mol. The van der Waals surface area contributed by atoms with E-state index in [4.69, 9.17) is 0 Å². The Balaban J connectivity index is 1.73.